The lowest BCUT2D eigenvalue weighted by Crippen LogP contribution is -2.52. The fraction of sp³-hybridized carbons (Fsp3) is 0.714. The largest absolute Gasteiger partial charge is 0.364 e. The number of ether oxygens (including phenoxy) is 1. The van der Waals surface area contributed by atoms with Crippen molar-refractivity contribution in [3.05, 3.63) is 22.4 Å². The molecule has 1 unspecified atom stereocenters. The maximum absolute atomic E-state index is 6.46. The molecule has 0 aromatic carbocycles. The highest BCUT2D eigenvalue weighted by Crippen LogP contribution is 2.40. The van der Waals surface area contributed by atoms with Gasteiger partial charge in [-0.05, 0) is 43.0 Å². The molecule has 1 N–H and O–H groups in total. The Morgan fingerprint density at radius 1 is 1.41 bits per heavy atom. The van der Waals surface area contributed by atoms with Gasteiger partial charge in [-0.2, -0.15) is 0 Å². The molecular formula is C14H21NOS. The van der Waals surface area contributed by atoms with Crippen molar-refractivity contribution in [1.82, 2.24) is 5.32 Å². The van der Waals surface area contributed by atoms with E-state index in [4.69, 9.17) is 4.74 Å². The molecule has 17 heavy (non-hydrogen) atoms. The van der Waals surface area contributed by atoms with Gasteiger partial charge in [0.1, 0.15) is 6.10 Å². The summed E-state index contributed by atoms with van der Waals surface area (Å²) < 4.78 is 6.46. The van der Waals surface area contributed by atoms with E-state index in [-0.39, 0.29) is 11.7 Å². The summed E-state index contributed by atoms with van der Waals surface area (Å²) >= 11 is 1.81. The highest BCUT2D eigenvalue weighted by Gasteiger charge is 2.40. The monoisotopic (exact) mass is 251 g/mol. The molecule has 1 aliphatic heterocycles. The quantitative estimate of drug-likeness (QED) is 0.826. The molecule has 3 heteroatoms. The second-order valence-electron chi connectivity index (χ2n) is 5.62. The second-order valence-corrected chi connectivity index (χ2v) is 6.60. The van der Waals surface area contributed by atoms with Crippen LogP contribution in [0.5, 0.6) is 0 Å². The third-order valence-corrected chi connectivity index (χ3v) is 5.18. The molecular weight excluding hydrogens is 230 g/mol. The Kier molecular flexibility index (Phi) is 3.24. The fourth-order valence-electron chi connectivity index (χ4n) is 3.03. The van der Waals surface area contributed by atoms with Crippen molar-refractivity contribution in [2.75, 3.05) is 13.1 Å². The summed E-state index contributed by atoms with van der Waals surface area (Å²) in [6.45, 7) is 4.37. The van der Waals surface area contributed by atoms with Crippen LogP contribution in [0, 0.1) is 5.92 Å². The van der Waals surface area contributed by atoms with E-state index in [1.54, 1.807) is 0 Å². The standard InChI is InChI=1S/C14H21NOS/c1-11-4-6-14(7-5-11)10-15-9-12(16-14)13-3-2-8-17-13/h2-3,8,11-12,15H,4-7,9-10H2,1H3. The van der Waals surface area contributed by atoms with Crippen molar-refractivity contribution in [2.45, 2.75) is 44.3 Å². The van der Waals surface area contributed by atoms with Crippen LogP contribution in [0.25, 0.3) is 0 Å². The van der Waals surface area contributed by atoms with E-state index in [1.807, 2.05) is 11.3 Å². The SMILES string of the molecule is CC1CCC2(CC1)CNCC(c1cccs1)O2. The average Bonchev–Trinajstić information content (AvgIpc) is 2.88. The summed E-state index contributed by atoms with van der Waals surface area (Å²) in [7, 11) is 0. The van der Waals surface area contributed by atoms with Crippen LogP contribution in [0.1, 0.15) is 43.6 Å². The minimum atomic E-state index is 0.124. The smallest absolute Gasteiger partial charge is 0.105 e. The molecule has 0 radical (unpaired) electrons. The van der Waals surface area contributed by atoms with Gasteiger partial charge in [-0.25, -0.2) is 0 Å². The molecule has 1 aliphatic carbocycles. The predicted molar refractivity (Wildman–Crippen MR) is 71.4 cm³/mol. The average molecular weight is 251 g/mol. The van der Waals surface area contributed by atoms with Gasteiger partial charge in [0.25, 0.3) is 0 Å². The zero-order valence-electron chi connectivity index (χ0n) is 10.4. The van der Waals surface area contributed by atoms with Crippen molar-refractivity contribution in [1.29, 1.82) is 0 Å². The molecule has 1 spiro atoms. The van der Waals surface area contributed by atoms with E-state index in [1.165, 1.54) is 30.6 Å². The normalized spacial score (nSPS) is 38.4. The summed E-state index contributed by atoms with van der Waals surface area (Å²) in [4.78, 5) is 1.37. The highest BCUT2D eigenvalue weighted by molar-refractivity contribution is 7.10. The number of thiophene rings is 1. The lowest BCUT2D eigenvalue weighted by Gasteiger charge is -2.45. The van der Waals surface area contributed by atoms with Gasteiger partial charge >= 0.3 is 0 Å². The molecule has 0 bridgehead atoms. The lowest BCUT2D eigenvalue weighted by atomic mass is 9.78. The molecule has 3 rings (SSSR count). The van der Waals surface area contributed by atoms with E-state index < -0.39 is 0 Å². The minimum Gasteiger partial charge on any atom is -0.364 e. The lowest BCUT2D eigenvalue weighted by molar-refractivity contribution is -0.139. The third-order valence-electron chi connectivity index (χ3n) is 4.22. The van der Waals surface area contributed by atoms with E-state index >= 15 is 0 Å². The second kappa shape index (κ2) is 4.71. The van der Waals surface area contributed by atoms with Crippen molar-refractivity contribution < 1.29 is 4.74 Å². The van der Waals surface area contributed by atoms with E-state index in [0.717, 1.165) is 19.0 Å². The fourth-order valence-corrected chi connectivity index (χ4v) is 3.79. The van der Waals surface area contributed by atoms with Crippen LogP contribution in [0.2, 0.25) is 0 Å². The van der Waals surface area contributed by atoms with Gasteiger partial charge < -0.3 is 10.1 Å². The van der Waals surface area contributed by atoms with Gasteiger partial charge in [0, 0.05) is 18.0 Å². The van der Waals surface area contributed by atoms with Gasteiger partial charge in [0.2, 0.25) is 0 Å². The van der Waals surface area contributed by atoms with Crippen molar-refractivity contribution in [3.8, 4) is 0 Å². The van der Waals surface area contributed by atoms with Crippen molar-refractivity contribution >= 4 is 11.3 Å². The molecule has 1 aromatic heterocycles. The zero-order valence-corrected chi connectivity index (χ0v) is 11.3. The van der Waals surface area contributed by atoms with Crippen LogP contribution in [0.3, 0.4) is 0 Å². The summed E-state index contributed by atoms with van der Waals surface area (Å²) in [5.74, 6) is 0.881. The van der Waals surface area contributed by atoms with E-state index in [0.29, 0.717) is 0 Å². The van der Waals surface area contributed by atoms with E-state index in [2.05, 4.69) is 29.8 Å². The molecule has 2 fully saturated rings. The predicted octanol–water partition coefficient (Wildman–Crippen LogP) is 3.36. The molecule has 2 heterocycles. The maximum atomic E-state index is 6.46. The van der Waals surface area contributed by atoms with Gasteiger partial charge in [0.05, 0.1) is 5.60 Å². The Morgan fingerprint density at radius 2 is 2.24 bits per heavy atom. The Balaban J connectivity index is 1.71. The number of nitrogens with one attached hydrogen (secondary N) is 1. The zero-order chi connectivity index (χ0) is 11.7. The Morgan fingerprint density at radius 3 is 2.94 bits per heavy atom. The summed E-state index contributed by atoms with van der Waals surface area (Å²) in [6, 6.07) is 4.31. The van der Waals surface area contributed by atoms with E-state index in [9.17, 15) is 0 Å². The van der Waals surface area contributed by atoms with Crippen LogP contribution >= 0.6 is 11.3 Å². The van der Waals surface area contributed by atoms with Crippen LogP contribution in [-0.2, 0) is 4.74 Å². The molecule has 1 aromatic rings. The van der Waals surface area contributed by atoms with Crippen LogP contribution in [0.15, 0.2) is 17.5 Å². The molecule has 1 saturated carbocycles. The highest BCUT2D eigenvalue weighted by atomic mass is 32.1. The van der Waals surface area contributed by atoms with Gasteiger partial charge in [-0.1, -0.05) is 13.0 Å². The van der Waals surface area contributed by atoms with Crippen molar-refractivity contribution in [3.63, 3.8) is 0 Å². The Labute approximate surface area is 107 Å². The number of morpholine rings is 1. The topological polar surface area (TPSA) is 21.3 Å². The molecule has 1 atom stereocenters. The summed E-state index contributed by atoms with van der Waals surface area (Å²) in [5, 5.41) is 5.72. The maximum Gasteiger partial charge on any atom is 0.105 e. The first-order chi connectivity index (χ1) is 8.27. The minimum absolute atomic E-state index is 0.124. The number of hydrogen-bond donors (Lipinski definition) is 1. The Bertz CT molecular complexity index is 354. The van der Waals surface area contributed by atoms with Crippen LogP contribution in [0.4, 0.5) is 0 Å². The first kappa shape index (κ1) is 11.7. The molecule has 2 nitrogen and oxygen atoms in total. The molecule has 0 amide bonds. The van der Waals surface area contributed by atoms with Crippen molar-refractivity contribution in [2.24, 2.45) is 5.92 Å². The van der Waals surface area contributed by atoms with Gasteiger partial charge in [-0.3, -0.25) is 0 Å². The first-order valence-electron chi connectivity index (χ1n) is 6.69. The Hall–Kier alpha value is -0.380. The van der Waals surface area contributed by atoms with Crippen LogP contribution < -0.4 is 5.32 Å². The van der Waals surface area contributed by atoms with Gasteiger partial charge in [0.15, 0.2) is 0 Å². The summed E-state index contributed by atoms with van der Waals surface area (Å²) in [5.41, 5.74) is 0.124. The number of hydrogen-bond acceptors (Lipinski definition) is 3. The first-order valence-corrected chi connectivity index (χ1v) is 7.57. The molecule has 1 saturated heterocycles. The third kappa shape index (κ3) is 2.42. The van der Waals surface area contributed by atoms with Gasteiger partial charge in [-0.15, -0.1) is 11.3 Å². The van der Waals surface area contributed by atoms with Crippen LogP contribution in [-0.4, -0.2) is 18.7 Å². The molecule has 2 aliphatic rings. The summed E-state index contributed by atoms with van der Waals surface area (Å²) in [6.07, 6.45) is 5.36. The number of rotatable bonds is 1. The molecule has 94 valence electrons.